The van der Waals surface area contributed by atoms with Gasteiger partial charge in [0.25, 0.3) is 0 Å². The van der Waals surface area contributed by atoms with Gasteiger partial charge in [0.05, 0.1) is 0 Å². The molecule has 0 aliphatic carbocycles. The summed E-state index contributed by atoms with van der Waals surface area (Å²) in [5.74, 6) is 2.69. The molecule has 0 spiro atoms. The average Bonchev–Trinajstić information content (AvgIpc) is 3.29. The quantitative estimate of drug-likeness (QED) is 0.535. The number of aryl methyl sites for hydroxylation is 1. The van der Waals surface area contributed by atoms with E-state index in [1.807, 2.05) is 52.0 Å². The summed E-state index contributed by atoms with van der Waals surface area (Å²) in [5, 5.41) is 11.5. The number of amides is 2. The Balaban J connectivity index is 1.36. The van der Waals surface area contributed by atoms with Crippen LogP contribution in [0.4, 0.5) is 10.5 Å². The average molecular weight is 496 g/mol. The molecule has 2 saturated heterocycles. The lowest BCUT2D eigenvalue weighted by atomic mass is 9.93. The molecule has 2 fully saturated rings. The fourth-order valence-electron chi connectivity index (χ4n) is 5.80. The molecule has 1 N–H and O–H groups in total. The van der Waals surface area contributed by atoms with Gasteiger partial charge >= 0.3 is 6.09 Å². The zero-order valence-electron chi connectivity index (χ0n) is 22.7. The summed E-state index contributed by atoms with van der Waals surface area (Å²) in [4.78, 5) is 27.6. The number of ether oxygens (including phenoxy) is 1. The third kappa shape index (κ3) is 5.73. The topological polar surface area (TPSA) is 89.4 Å². The van der Waals surface area contributed by atoms with E-state index >= 15 is 0 Å². The highest BCUT2D eigenvalue weighted by Gasteiger charge is 2.44. The third-order valence-electron chi connectivity index (χ3n) is 7.38. The molecule has 8 nitrogen and oxygen atoms in total. The molecule has 3 atom stereocenters. The van der Waals surface area contributed by atoms with Gasteiger partial charge < -0.3 is 14.2 Å². The van der Waals surface area contributed by atoms with Crippen LogP contribution in [0.5, 0.6) is 0 Å². The summed E-state index contributed by atoms with van der Waals surface area (Å²) >= 11 is 0. The summed E-state index contributed by atoms with van der Waals surface area (Å²) in [6.45, 7) is 14.0. The fraction of sp³-hybridized carbons (Fsp3) is 0.643. The van der Waals surface area contributed by atoms with Crippen molar-refractivity contribution in [3.05, 3.63) is 41.5 Å². The zero-order chi connectivity index (χ0) is 26.2. The van der Waals surface area contributed by atoms with E-state index < -0.39 is 11.7 Å². The Morgan fingerprint density at radius 2 is 1.64 bits per heavy atom. The molecule has 2 aliphatic rings. The van der Waals surface area contributed by atoms with E-state index in [4.69, 9.17) is 4.74 Å². The highest BCUT2D eigenvalue weighted by molar-refractivity contribution is 5.85. The van der Waals surface area contributed by atoms with Crippen LogP contribution in [-0.4, -0.2) is 49.3 Å². The maximum atomic E-state index is 13.4. The van der Waals surface area contributed by atoms with Gasteiger partial charge in [0.1, 0.15) is 17.2 Å². The van der Waals surface area contributed by atoms with Crippen molar-refractivity contribution >= 4 is 17.7 Å². The number of hydrogen-bond donors (Lipinski definition) is 1. The molecule has 0 radical (unpaired) electrons. The number of carbonyl (C=O) groups excluding carboxylic acids is 2. The van der Waals surface area contributed by atoms with E-state index in [0.29, 0.717) is 24.1 Å². The van der Waals surface area contributed by atoms with Crippen LogP contribution in [0.2, 0.25) is 0 Å². The monoisotopic (exact) mass is 495 g/mol. The first-order valence-electron chi connectivity index (χ1n) is 13.3. The van der Waals surface area contributed by atoms with Crippen LogP contribution in [0.15, 0.2) is 24.3 Å². The standard InChI is InChI=1S/C28H41N5O3/c1-17(2)26-31-30-19(4)32(26)24-15-22-12-13-23(16-24)33(22)25(34)14-18(3)20-8-10-21(11-9-20)29-27(35)36-28(5,6)7/h8-11,17-18,22-24H,12-16H2,1-7H3,(H,29,35)/t18-,22?,23?,24?/m0/s1. The number of nitrogens with zero attached hydrogens (tertiary/aromatic N) is 4. The Bertz CT molecular complexity index is 1070. The highest BCUT2D eigenvalue weighted by atomic mass is 16.6. The van der Waals surface area contributed by atoms with Crippen LogP contribution in [-0.2, 0) is 9.53 Å². The van der Waals surface area contributed by atoms with Gasteiger partial charge in [-0.1, -0.05) is 32.9 Å². The molecule has 1 aromatic carbocycles. The van der Waals surface area contributed by atoms with E-state index in [1.165, 1.54) is 0 Å². The number of aromatic nitrogens is 3. The van der Waals surface area contributed by atoms with Gasteiger partial charge in [-0.3, -0.25) is 10.1 Å². The predicted octanol–water partition coefficient (Wildman–Crippen LogP) is 5.95. The second-order valence-electron chi connectivity index (χ2n) is 11.8. The molecule has 196 valence electrons. The lowest BCUT2D eigenvalue weighted by Crippen LogP contribution is -2.47. The minimum Gasteiger partial charge on any atom is -0.444 e. The molecule has 4 rings (SSSR count). The van der Waals surface area contributed by atoms with Crippen molar-refractivity contribution in [2.45, 2.75) is 116 Å². The van der Waals surface area contributed by atoms with Crippen molar-refractivity contribution in [3.63, 3.8) is 0 Å². The molecule has 2 unspecified atom stereocenters. The summed E-state index contributed by atoms with van der Waals surface area (Å²) in [7, 11) is 0. The van der Waals surface area contributed by atoms with Gasteiger partial charge in [-0.2, -0.15) is 0 Å². The number of piperidine rings is 1. The van der Waals surface area contributed by atoms with Crippen LogP contribution in [0, 0.1) is 6.92 Å². The number of carbonyl (C=O) groups is 2. The zero-order valence-corrected chi connectivity index (χ0v) is 22.7. The third-order valence-corrected chi connectivity index (χ3v) is 7.38. The van der Waals surface area contributed by atoms with E-state index in [2.05, 4.69) is 45.8 Å². The molecule has 2 aliphatic heterocycles. The summed E-state index contributed by atoms with van der Waals surface area (Å²) in [5.41, 5.74) is 1.22. The maximum absolute atomic E-state index is 13.4. The van der Waals surface area contributed by atoms with Gasteiger partial charge in [0.2, 0.25) is 5.91 Å². The molecule has 1 aromatic heterocycles. The van der Waals surface area contributed by atoms with Gasteiger partial charge in [-0.15, -0.1) is 10.2 Å². The Morgan fingerprint density at radius 3 is 2.19 bits per heavy atom. The van der Waals surface area contributed by atoms with Crippen molar-refractivity contribution in [2.75, 3.05) is 5.32 Å². The highest BCUT2D eigenvalue weighted by Crippen LogP contribution is 2.43. The Kier molecular flexibility index (Phi) is 7.43. The van der Waals surface area contributed by atoms with Gasteiger partial charge in [-0.05, 0) is 77.0 Å². The van der Waals surface area contributed by atoms with Crippen LogP contribution in [0.25, 0.3) is 0 Å². The number of hydrogen-bond acceptors (Lipinski definition) is 5. The number of benzene rings is 1. The van der Waals surface area contributed by atoms with Crippen molar-refractivity contribution in [3.8, 4) is 0 Å². The van der Waals surface area contributed by atoms with Crippen LogP contribution >= 0.6 is 0 Å². The first-order valence-corrected chi connectivity index (χ1v) is 13.3. The minimum absolute atomic E-state index is 0.0952. The molecule has 0 saturated carbocycles. The molecular formula is C28H41N5O3. The SMILES string of the molecule is Cc1nnc(C(C)C)n1C1CC2CCC(C1)N2C(=O)C[C@H](C)c1ccc(NC(=O)OC(C)(C)C)cc1. The molecule has 8 heteroatoms. The summed E-state index contributed by atoms with van der Waals surface area (Å²) < 4.78 is 7.64. The second-order valence-corrected chi connectivity index (χ2v) is 11.8. The molecule has 2 amide bonds. The molecule has 2 bridgehead atoms. The van der Waals surface area contributed by atoms with Crippen LogP contribution in [0.3, 0.4) is 0 Å². The van der Waals surface area contributed by atoms with Crippen molar-refractivity contribution < 1.29 is 14.3 Å². The van der Waals surface area contributed by atoms with Gasteiger partial charge in [-0.25, -0.2) is 4.79 Å². The van der Waals surface area contributed by atoms with E-state index in [-0.39, 0.29) is 23.9 Å². The first-order chi connectivity index (χ1) is 16.9. The largest absolute Gasteiger partial charge is 0.444 e. The lowest BCUT2D eigenvalue weighted by Gasteiger charge is -2.40. The number of fused-ring (bicyclic) bond motifs is 2. The van der Waals surface area contributed by atoms with Crippen LogP contribution < -0.4 is 5.32 Å². The van der Waals surface area contributed by atoms with Crippen molar-refractivity contribution in [1.29, 1.82) is 0 Å². The van der Waals surface area contributed by atoms with Gasteiger partial charge in [0.15, 0.2) is 0 Å². The fourth-order valence-corrected chi connectivity index (χ4v) is 5.80. The smallest absolute Gasteiger partial charge is 0.412 e. The number of nitrogens with one attached hydrogen (secondary N) is 1. The van der Waals surface area contributed by atoms with E-state index in [9.17, 15) is 9.59 Å². The first kappa shape index (κ1) is 26.2. The molecular weight excluding hydrogens is 454 g/mol. The number of anilines is 1. The summed E-state index contributed by atoms with van der Waals surface area (Å²) in [6.07, 6.45) is 4.11. The Labute approximate surface area is 214 Å². The Morgan fingerprint density at radius 1 is 1.03 bits per heavy atom. The second kappa shape index (κ2) is 10.2. The predicted molar refractivity (Wildman–Crippen MR) is 140 cm³/mol. The lowest BCUT2D eigenvalue weighted by molar-refractivity contribution is -0.136. The normalized spacial score (nSPS) is 22.6. The van der Waals surface area contributed by atoms with E-state index in [0.717, 1.165) is 42.9 Å². The minimum atomic E-state index is -0.544. The van der Waals surface area contributed by atoms with Gasteiger partial charge in [0, 0.05) is 36.2 Å². The Hall–Kier alpha value is -2.90. The molecule has 2 aromatic rings. The molecule has 36 heavy (non-hydrogen) atoms. The van der Waals surface area contributed by atoms with E-state index in [1.54, 1.807) is 0 Å². The maximum Gasteiger partial charge on any atom is 0.412 e. The molecule has 3 heterocycles. The number of rotatable bonds is 6. The van der Waals surface area contributed by atoms with Crippen molar-refractivity contribution in [1.82, 2.24) is 19.7 Å². The van der Waals surface area contributed by atoms with Crippen molar-refractivity contribution in [2.24, 2.45) is 0 Å². The van der Waals surface area contributed by atoms with Crippen LogP contribution in [0.1, 0.15) is 109 Å². The summed E-state index contributed by atoms with van der Waals surface area (Å²) in [6, 6.07) is 8.63.